The number of aliphatic hydroxyl groups excluding tert-OH is 1. The minimum absolute atomic E-state index is 0.193. The fourth-order valence-corrected chi connectivity index (χ4v) is 3.87. The van der Waals surface area contributed by atoms with Crippen LogP contribution in [0.25, 0.3) is 0 Å². The first-order chi connectivity index (χ1) is 10.7. The minimum Gasteiger partial charge on any atom is -0.395 e. The minimum atomic E-state index is -0.283. The van der Waals surface area contributed by atoms with Crippen LogP contribution in [0.2, 0.25) is 0 Å². The second-order valence-electron chi connectivity index (χ2n) is 6.15. The Labute approximate surface area is 135 Å². The van der Waals surface area contributed by atoms with Gasteiger partial charge in [-0.15, -0.1) is 11.3 Å². The van der Waals surface area contributed by atoms with Gasteiger partial charge in [-0.2, -0.15) is 0 Å². The standard InChI is InChI=1S/C15H25N3O3S/c1-13-16-14(9-22-13)8-18-3-6-20-12-15(11-18)10-17(2-5-19)4-7-21-15/h9,19H,2-8,10-12H2,1H3/t15-/m1/s1. The van der Waals surface area contributed by atoms with Gasteiger partial charge < -0.3 is 14.6 Å². The first-order valence-corrected chi connectivity index (χ1v) is 8.75. The molecule has 3 rings (SSSR count). The first-order valence-electron chi connectivity index (χ1n) is 7.87. The molecule has 1 N–H and O–H groups in total. The molecule has 2 aliphatic heterocycles. The van der Waals surface area contributed by atoms with Gasteiger partial charge in [-0.3, -0.25) is 9.80 Å². The highest BCUT2D eigenvalue weighted by atomic mass is 32.1. The Balaban J connectivity index is 1.66. The Morgan fingerprint density at radius 1 is 1.32 bits per heavy atom. The lowest BCUT2D eigenvalue weighted by atomic mass is 10.0. The Kier molecular flexibility index (Phi) is 5.43. The molecule has 1 aromatic heterocycles. The second kappa shape index (κ2) is 7.33. The monoisotopic (exact) mass is 327 g/mol. The van der Waals surface area contributed by atoms with Crippen LogP contribution in [0.5, 0.6) is 0 Å². The van der Waals surface area contributed by atoms with E-state index >= 15 is 0 Å². The van der Waals surface area contributed by atoms with E-state index in [4.69, 9.17) is 9.47 Å². The lowest BCUT2D eigenvalue weighted by Gasteiger charge is -2.43. The summed E-state index contributed by atoms with van der Waals surface area (Å²) in [6, 6.07) is 0. The van der Waals surface area contributed by atoms with E-state index in [1.165, 1.54) is 0 Å². The largest absolute Gasteiger partial charge is 0.395 e. The summed E-state index contributed by atoms with van der Waals surface area (Å²) in [6.45, 7) is 9.30. The number of aliphatic hydroxyl groups is 1. The van der Waals surface area contributed by atoms with E-state index in [2.05, 4.69) is 20.2 Å². The molecule has 0 aliphatic carbocycles. The smallest absolute Gasteiger partial charge is 0.117 e. The van der Waals surface area contributed by atoms with E-state index in [9.17, 15) is 5.11 Å². The molecule has 1 aromatic rings. The molecule has 2 fully saturated rings. The zero-order valence-corrected chi connectivity index (χ0v) is 14.0. The van der Waals surface area contributed by atoms with E-state index < -0.39 is 0 Å². The van der Waals surface area contributed by atoms with E-state index in [-0.39, 0.29) is 12.2 Å². The van der Waals surface area contributed by atoms with Crippen molar-refractivity contribution >= 4 is 11.3 Å². The van der Waals surface area contributed by atoms with E-state index in [0.29, 0.717) is 19.8 Å². The van der Waals surface area contributed by atoms with Crippen LogP contribution in [-0.2, 0) is 16.0 Å². The summed E-state index contributed by atoms with van der Waals surface area (Å²) < 4.78 is 11.9. The average Bonchev–Trinajstić information content (AvgIpc) is 2.79. The third kappa shape index (κ3) is 4.04. The maximum absolute atomic E-state index is 9.18. The average molecular weight is 327 g/mol. The zero-order chi connectivity index (χ0) is 15.4. The van der Waals surface area contributed by atoms with Gasteiger partial charge in [0.05, 0.1) is 37.1 Å². The molecular weight excluding hydrogens is 302 g/mol. The Bertz CT molecular complexity index is 482. The molecule has 0 aromatic carbocycles. The molecule has 0 saturated carbocycles. The Morgan fingerprint density at radius 2 is 2.14 bits per heavy atom. The van der Waals surface area contributed by atoms with Crippen LogP contribution in [0.15, 0.2) is 5.38 Å². The van der Waals surface area contributed by atoms with E-state index in [0.717, 1.165) is 50.0 Å². The van der Waals surface area contributed by atoms with Gasteiger partial charge in [0.15, 0.2) is 0 Å². The molecule has 3 heterocycles. The second-order valence-corrected chi connectivity index (χ2v) is 7.21. The van der Waals surface area contributed by atoms with Crippen molar-refractivity contribution in [3.05, 3.63) is 16.1 Å². The summed E-state index contributed by atoms with van der Waals surface area (Å²) in [5.41, 5.74) is 0.845. The number of hydrogen-bond donors (Lipinski definition) is 1. The SMILES string of the molecule is Cc1nc(CN2CCOC[C@@]3(CN(CCO)CCO3)C2)cs1. The van der Waals surface area contributed by atoms with Crippen LogP contribution in [0.3, 0.4) is 0 Å². The topological polar surface area (TPSA) is 58.1 Å². The fourth-order valence-electron chi connectivity index (χ4n) is 3.27. The predicted octanol–water partition coefficient (Wildman–Crippen LogP) is 0.347. The molecule has 7 heteroatoms. The maximum atomic E-state index is 9.18. The van der Waals surface area contributed by atoms with Crippen molar-refractivity contribution in [3.63, 3.8) is 0 Å². The number of aryl methyl sites for hydroxylation is 1. The molecule has 22 heavy (non-hydrogen) atoms. The molecule has 0 unspecified atom stereocenters. The predicted molar refractivity (Wildman–Crippen MR) is 85.2 cm³/mol. The van der Waals surface area contributed by atoms with Crippen LogP contribution in [0, 0.1) is 6.92 Å². The zero-order valence-electron chi connectivity index (χ0n) is 13.2. The molecule has 0 bridgehead atoms. The highest BCUT2D eigenvalue weighted by Gasteiger charge is 2.40. The van der Waals surface area contributed by atoms with Gasteiger partial charge in [0.1, 0.15) is 5.60 Å². The van der Waals surface area contributed by atoms with Crippen LogP contribution in [0.4, 0.5) is 0 Å². The third-order valence-corrected chi connectivity index (χ3v) is 5.05. The number of aromatic nitrogens is 1. The Hall–Kier alpha value is -0.570. The first kappa shape index (κ1) is 16.3. The number of morpholine rings is 1. The highest BCUT2D eigenvalue weighted by molar-refractivity contribution is 7.09. The van der Waals surface area contributed by atoms with Crippen LogP contribution in [-0.4, -0.2) is 84.6 Å². The lowest BCUT2D eigenvalue weighted by molar-refractivity contribution is -0.143. The van der Waals surface area contributed by atoms with Gasteiger partial charge in [0.25, 0.3) is 0 Å². The number of nitrogens with zero attached hydrogens (tertiary/aromatic N) is 3. The van der Waals surface area contributed by atoms with Crippen LogP contribution in [0.1, 0.15) is 10.7 Å². The lowest BCUT2D eigenvalue weighted by Crippen LogP contribution is -2.58. The summed E-state index contributed by atoms with van der Waals surface area (Å²) in [5.74, 6) is 0. The molecule has 0 radical (unpaired) electrons. The van der Waals surface area contributed by atoms with Crippen molar-refractivity contribution in [2.24, 2.45) is 0 Å². The number of hydrogen-bond acceptors (Lipinski definition) is 7. The normalized spacial score (nSPS) is 28.1. The molecule has 0 amide bonds. The van der Waals surface area contributed by atoms with E-state index in [1.807, 2.05) is 6.92 Å². The fraction of sp³-hybridized carbons (Fsp3) is 0.800. The number of ether oxygens (including phenoxy) is 2. The van der Waals surface area contributed by atoms with Gasteiger partial charge in [-0.1, -0.05) is 0 Å². The van der Waals surface area contributed by atoms with Gasteiger partial charge >= 0.3 is 0 Å². The number of rotatable bonds is 4. The summed E-state index contributed by atoms with van der Waals surface area (Å²) in [6.07, 6.45) is 0. The number of thiazole rings is 1. The molecule has 124 valence electrons. The summed E-state index contributed by atoms with van der Waals surface area (Å²) in [7, 11) is 0. The van der Waals surface area contributed by atoms with Gasteiger partial charge in [-0.05, 0) is 6.92 Å². The number of β-amino-alcohol motifs (C(OH)–C–C–N with tert-alkyl or cyclic N) is 1. The molecule has 1 atom stereocenters. The molecule has 2 saturated heterocycles. The molecule has 1 spiro atoms. The highest BCUT2D eigenvalue weighted by Crippen LogP contribution is 2.23. The van der Waals surface area contributed by atoms with E-state index in [1.54, 1.807) is 11.3 Å². The van der Waals surface area contributed by atoms with Crippen molar-refractivity contribution in [2.45, 2.75) is 19.1 Å². The Morgan fingerprint density at radius 3 is 2.91 bits per heavy atom. The maximum Gasteiger partial charge on any atom is 0.117 e. The summed E-state index contributed by atoms with van der Waals surface area (Å²) >= 11 is 1.70. The van der Waals surface area contributed by atoms with Crippen LogP contribution < -0.4 is 0 Å². The molecular formula is C15H25N3O3S. The quantitative estimate of drug-likeness (QED) is 0.861. The van der Waals surface area contributed by atoms with Gasteiger partial charge in [-0.25, -0.2) is 4.98 Å². The summed E-state index contributed by atoms with van der Waals surface area (Å²) in [4.78, 5) is 9.21. The van der Waals surface area contributed by atoms with Crippen molar-refractivity contribution in [1.82, 2.24) is 14.8 Å². The third-order valence-electron chi connectivity index (χ3n) is 4.22. The van der Waals surface area contributed by atoms with Crippen LogP contribution >= 0.6 is 11.3 Å². The van der Waals surface area contributed by atoms with Gasteiger partial charge in [0.2, 0.25) is 0 Å². The van der Waals surface area contributed by atoms with Gasteiger partial charge in [0, 0.05) is 44.6 Å². The molecule has 2 aliphatic rings. The van der Waals surface area contributed by atoms with Crippen molar-refractivity contribution < 1.29 is 14.6 Å². The van der Waals surface area contributed by atoms with Crippen molar-refractivity contribution in [2.75, 3.05) is 59.2 Å². The van der Waals surface area contributed by atoms with Crippen molar-refractivity contribution in [1.29, 1.82) is 0 Å². The molecule has 6 nitrogen and oxygen atoms in total. The summed E-state index contributed by atoms with van der Waals surface area (Å²) in [5, 5.41) is 12.4. The van der Waals surface area contributed by atoms with Crippen molar-refractivity contribution in [3.8, 4) is 0 Å².